The Morgan fingerprint density at radius 3 is 3.00 bits per heavy atom. The van der Waals surface area contributed by atoms with Gasteiger partial charge in [-0.15, -0.1) is 0 Å². The Morgan fingerprint density at radius 1 is 1.69 bits per heavy atom. The van der Waals surface area contributed by atoms with Crippen molar-refractivity contribution in [3.8, 4) is 0 Å². The van der Waals surface area contributed by atoms with Gasteiger partial charge in [0.15, 0.2) is 11.1 Å². The summed E-state index contributed by atoms with van der Waals surface area (Å²) in [4.78, 5) is 14.2. The maximum atomic E-state index is 10.6. The molecule has 0 saturated heterocycles. The summed E-state index contributed by atoms with van der Waals surface area (Å²) in [6.07, 6.45) is 3.13. The van der Waals surface area contributed by atoms with Gasteiger partial charge >= 0.3 is 0 Å². The minimum absolute atomic E-state index is 0.140. The van der Waals surface area contributed by atoms with Crippen LogP contribution >= 0.6 is 0 Å². The zero-order valence-corrected chi connectivity index (χ0v) is 9.44. The van der Waals surface area contributed by atoms with Crippen molar-refractivity contribution in [2.75, 3.05) is 5.75 Å². The number of hydrogen-bond acceptors (Lipinski definition) is 4. The fourth-order valence-corrected chi connectivity index (χ4v) is 1.53. The normalized spacial score (nSPS) is 13.2. The van der Waals surface area contributed by atoms with Gasteiger partial charge in [-0.2, -0.15) is 0 Å². The Morgan fingerprint density at radius 2 is 2.44 bits per heavy atom. The Hall–Kier alpha value is -1.53. The Labute approximate surface area is 95.4 Å². The second-order valence-electron chi connectivity index (χ2n) is 3.02. The van der Waals surface area contributed by atoms with Gasteiger partial charge in [0, 0.05) is 11.9 Å². The fourth-order valence-electron chi connectivity index (χ4n) is 1.14. The van der Waals surface area contributed by atoms with E-state index in [1.54, 1.807) is 18.3 Å². The highest BCUT2D eigenvalue weighted by Crippen LogP contribution is 2.09. The predicted octanol–water partition coefficient (Wildman–Crippen LogP) is 1.13. The lowest BCUT2D eigenvalue weighted by Crippen LogP contribution is -2.02. The van der Waals surface area contributed by atoms with Crippen LogP contribution in [-0.2, 0) is 20.6 Å². The third kappa shape index (κ3) is 4.33. The first-order valence-corrected chi connectivity index (χ1v) is 5.70. The molecule has 1 aromatic rings. The van der Waals surface area contributed by atoms with Crippen LogP contribution in [0.2, 0.25) is 0 Å². The molecule has 6 heteroatoms. The van der Waals surface area contributed by atoms with Crippen LogP contribution < -0.4 is 0 Å². The molecule has 1 heterocycles. The SMILES string of the molecule is Cc1cc(C=C(CS(=O)O)OC=O)ccn1. The van der Waals surface area contributed by atoms with Gasteiger partial charge in [0.1, 0.15) is 11.5 Å². The number of carbonyl (C=O) groups is 1. The first-order chi connectivity index (χ1) is 7.61. The highest BCUT2D eigenvalue weighted by atomic mass is 32.2. The van der Waals surface area contributed by atoms with Crippen LogP contribution in [0.25, 0.3) is 6.08 Å². The van der Waals surface area contributed by atoms with Crippen molar-refractivity contribution >= 4 is 23.6 Å². The molecule has 5 nitrogen and oxygen atoms in total. The van der Waals surface area contributed by atoms with E-state index < -0.39 is 11.1 Å². The van der Waals surface area contributed by atoms with Crippen LogP contribution in [0, 0.1) is 6.92 Å². The van der Waals surface area contributed by atoms with Crippen molar-refractivity contribution in [1.29, 1.82) is 0 Å². The van der Waals surface area contributed by atoms with Crippen molar-refractivity contribution in [1.82, 2.24) is 4.98 Å². The molecular weight excluding hydrogens is 230 g/mol. The first-order valence-electron chi connectivity index (χ1n) is 4.43. The average molecular weight is 241 g/mol. The molecule has 0 bridgehead atoms. The third-order valence-corrected chi connectivity index (χ3v) is 2.25. The zero-order valence-electron chi connectivity index (χ0n) is 8.62. The number of hydrogen-bond donors (Lipinski definition) is 1. The average Bonchev–Trinajstić information content (AvgIpc) is 2.16. The van der Waals surface area contributed by atoms with Crippen molar-refractivity contribution in [3.63, 3.8) is 0 Å². The lowest BCUT2D eigenvalue weighted by molar-refractivity contribution is -0.124. The van der Waals surface area contributed by atoms with E-state index in [0.29, 0.717) is 0 Å². The van der Waals surface area contributed by atoms with Gasteiger partial charge in [0.2, 0.25) is 0 Å². The quantitative estimate of drug-likeness (QED) is 0.475. The Bertz CT molecular complexity index is 431. The van der Waals surface area contributed by atoms with E-state index in [1.165, 1.54) is 6.08 Å². The summed E-state index contributed by atoms with van der Waals surface area (Å²) in [6.45, 7) is 2.05. The van der Waals surface area contributed by atoms with Crippen molar-refractivity contribution in [2.45, 2.75) is 6.92 Å². The second kappa shape index (κ2) is 6.14. The molecule has 86 valence electrons. The summed E-state index contributed by atoms with van der Waals surface area (Å²) in [6, 6.07) is 3.48. The molecule has 0 radical (unpaired) electrons. The van der Waals surface area contributed by atoms with E-state index in [4.69, 9.17) is 4.55 Å². The first kappa shape index (κ1) is 12.5. The topological polar surface area (TPSA) is 76.5 Å². The molecule has 16 heavy (non-hydrogen) atoms. The predicted molar refractivity (Wildman–Crippen MR) is 59.7 cm³/mol. The maximum Gasteiger partial charge on any atom is 0.298 e. The van der Waals surface area contributed by atoms with Crippen molar-refractivity contribution in [3.05, 3.63) is 35.3 Å². The minimum Gasteiger partial charge on any atom is -0.432 e. The number of carbonyl (C=O) groups excluding carboxylic acids is 1. The van der Waals surface area contributed by atoms with Crippen LogP contribution in [0.3, 0.4) is 0 Å². The van der Waals surface area contributed by atoms with Gasteiger partial charge in [0.05, 0.1) is 0 Å². The standard InChI is InChI=1S/C10H11NO4S/c1-8-4-9(2-3-11-8)5-10(15-7-12)6-16(13)14/h2-5,7H,6H2,1H3,(H,13,14). The molecule has 0 aromatic carbocycles. The van der Waals surface area contributed by atoms with E-state index in [0.717, 1.165) is 11.3 Å². The van der Waals surface area contributed by atoms with Gasteiger partial charge in [-0.25, -0.2) is 4.21 Å². The lowest BCUT2D eigenvalue weighted by atomic mass is 10.2. The monoisotopic (exact) mass is 241 g/mol. The molecule has 0 fully saturated rings. The largest absolute Gasteiger partial charge is 0.432 e. The number of ether oxygens (including phenoxy) is 1. The Kier molecular flexibility index (Phi) is 4.81. The number of aromatic nitrogens is 1. The number of aryl methyl sites for hydroxylation is 1. The van der Waals surface area contributed by atoms with Crippen LogP contribution in [0.15, 0.2) is 24.1 Å². The van der Waals surface area contributed by atoms with Gasteiger partial charge < -0.3 is 9.29 Å². The number of pyridine rings is 1. The van der Waals surface area contributed by atoms with Gasteiger partial charge in [0.25, 0.3) is 6.47 Å². The van der Waals surface area contributed by atoms with E-state index in [-0.39, 0.29) is 18.0 Å². The van der Waals surface area contributed by atoms with Gasteiger partial charge in [-0.3, -0.25) is 9.78 Å². The maximum absolute atomic E-state index is 10.6. The highest BCUT2D eigenvalue weighted by Gasteiger charge is 2.03. The number of rotatable bonds is 5. The molecule has 1 rings (SSSR count). The molecule has 0 spiro atoms. The van der Waals surface area contributed by atoms with E-state index in [1.807, 2.05) is 6.92 Å². The fraction of sp³-hybridized carbons (Fsp3) is 0.200. The smallest absolute Gasteiger partial charge is 0.298 e. The highest BCUT2D eigenvalue weighted by molar-refractivity contribution is 7.79. The molecule has 0 aliphatic rings. The summed E-state index contributed by atoms with van der Waals surface area (Å²) in [5.74, 6) is -0.0819. The molecule has 0 aliphatic carbocycles. The molecular formula is C10H11NO4S. The van der Waals surface area contributed by atoms with Crippen molar-refractivity contribution < 1.29 is 18.3 Å². The minimum atomic E-state index is -2.04. The van der Waals surface area contributed by atoms with Crippen LogP contribution in [-0.4, -0.2) is 26.0 Å². The second-order valence-corrected chi connectivity index (χ2v) is 3.95. The van der Waals surface area contributed by atoms with Crippen LogP contribution in [0.5, 0.6) is 0 Å². The van der Waals surface area contributed by atoms with Crippen molar-refractivity contribution in [2.24, 2.45) is 0 Å². The molecule has 0 saturated carbocycles. The van der Waals surface area contributed by atoms with Gasteiger partial charge in [-0.1, -0.05) is 0 Å². The van der Waals surface area contributed by atoms with E-state index >= 15 is 0 Å². The molecule has 1 N–H and O–H groups in total. The third-order valence-electron chi connectivity index (χ3n) is 1.71. The van der Waals surface area contributed by atoms with Gasteiger partial charge in [-0.05, 0) is 30.7 Å². The van der Waals surface area contributed by atoms with E-state index in [2.05, 4.69) is 9.72 Å². The molecule has 0 aliphatic heterocycles. The Balaban J connectivity index is 2.91. The summed E-state index contributed by atoms with van der Waals surface area (Å²) in [5, 5.41) is 0. The number of nitrogens with zero attached hydrogens (tertiary/aromatic N) is 1. The summed E-state index contributed by atoms with van der Waals surface area (Å²) in [5.41, 5.74) is 1.57. The summed E-state index contributed by atoms with van der Waals surface area (Å²) < 4.78 is 23.9. The zero-order chi connectivity index (χ0) is 12.0. The molecule has 1 aromatic heterocycles. The summed E-state index contributed by atoms with van der Waals surface area (Å²) in [7, 11) is 0. The lowest BCUT2D eigenvalue weighted by Gasteiger charge is -2.02. The summed E-state index contributed by atoms with van der Waals surface area (Å²) >= 11 is -2.04. The molecule has 0 amide bonds. The van der Waals surface area contributed by atoms with Crippen LogP contribution in [0.1, 0.15) is 11.3 Å². The van der Waals surface area contributed by atoms with E-state index in [9.17, 15) is 9.00 Å². The molecule has 1 unspecified atom stereocenters. The van der Waals surface area contributed by atoms with Crippen LogP contribution in [0.4, 0.5) is 0 Å². The molecule has 1 atom stereocenters.